The van der Waals surface area contributed by atoms with Crippen molar-refractivity contribution in [2.45, 2.75) is 12.5 Å². The summed E-state index contributed by atoms with van der Waals surface area (Å²) in [6.45, 7) is 3.45. The van der Waals surface area contributed by atoms with Crippen molar-refractivity contribution in [1.82, 2.24) is 15.3 Å². The van der Waals surface area contributed by atoms with Gasteiger partial charge in [-0.2, -0.15) is 0 Å². The maximum absolute atomic E-state index is 14.2. The van der Waals surface area contributed by atoms with Crippen LogP contribution in [0.4, 0.5) is 10.2 Å². The number of benzene rings is 1. The summed E-state index contributed by atoms with van der Waals surface area (Å²) in [5.41, 5.74) is 1.18. The Morgan fingerprint density at radius 3 is 2.85 bits per heavy atom. The van der Waals surface area contributed by atoms with Crippen LogP contribution in [0.5, 0.6) is 0 Å². The van der Waals surface area contributed by atoms with E-state index in [0.717, 1.165) is 6.42 Å². The number of carbonyl (C=O) groups excluding carboxylic acids is 1. The van der Waals surface area contributed by atoms with Crippen LogP contribution in [-0.4, -0.2) is 61.4 Å². The molecule has 0 aliphatic carbocycles. The van der Waals surface area contributed by atoms with E-state index in [-0.39, 0.29) is 17.8 Å². The lowest BCUT2D eigenvalue weighted by atomic mass is 10.1. The number of hydrogen-bond acceptors (Lipinski definition) is 6. The van der Waals surface area contributed by atoms with Crippen molar-refractivity contribution in [3.05, 3.63) is 41.8 Å². The molecule has 7 nitrogen and oxygen atoms in total. The van der Waals surface area contributed by atoms with Crippen molar-refractivity contribution < 1.29 is 18.7 Å². The van der Waals surface area contributed by atoms with Gasteiger partial charge in [-0.25, -0.2) is 14.4 Å². The molecule has 1 atom stereocenters. The molecular weight excluding hydrogens is 351 g/mol. The zero-order chi connectivity index (χ0) is 18.6. The third kappa shape index (κ3) is 4.06. The van der Waals surface area contributed by atoms with Gasteiger partial charge in [-0.3, -0.25) is 4.79 Å². The second-order valence-corrected chi connectivity index (χ2v) is 6.58. The van der Waals surface area contributed by atoms with Crippen LogP contribution in [0.1, 0.15) is 16.8 Å². The summed E-state index contributed by atoms with van der Waals surface area (Å²) in [6, 6.07) is 7.08. The van der Waals surface area contributed by atoms with Crippen LogP contribution < -0.4 is 10.2 Å². The minimum absolute atomic E-state index is 0.0381. The highest BCUT2D eigenvalue weighted by Gasteiger charge is 2.20. The number of nitrogens with zero attached hydrogens (tertiary/aromatic N) is 3. The van der Waals surface area contributed by atoms with E-state index in [2.05, 4.69) is 15.3 Å². The summed E-state index contributed by atoms with van der Waals surface area (Å²) >= 11 is 0. The first-order chi connectivity index (χ1) is 13.2. The lowest BCUT2D eigenvalue weighted by Crippen LogP contribution is -2.37. The lowest BCUT2D eigenvalue weighted by Gasteiger charge is -2.28. The number of morpholine rings is 1. The van der Waals surface area contributed by atoms with Crippen molar-refractivity contribution in [2.24, 2.45) is 0 Å². The Hall–Kier alpha value is -2.58. The largest absolute Gasteiger partial charge is 0.379 e. The summed E-state index contributed by atoms with van der Waals surface area (Å²) in [7, 11) is 0. The van der Waals surface area contributed by atoms with E-state index in [4.69, 9.17) is 9.47 Å². The maximum atomic E-state index is 14.2. The number of anilines is 1. The predicted octanol–water partition coefficient (Wildman–Crippen LogP) is 1.64. The molecular formula is C19H21FN4O3. The summed E-state index contributed by atoms with van der Waals surface area (Å²) in [5.74, 6) is 0.0247. The molecule has 2 aromatic rings. The maximum Gasteiger partial charge on any atom is 0.251 e. The van der Waals surface area contributed by atoms with Gasteiger partial charge in [0.2, 0.25) is 0 Å². The van der Waals surface area contributed by atoms with Gasteiger partial charge in [0.1, 0.15) is 0 Å². The third-order valence-electron chi connectivity index (χ3n) is 4.68. The Balaban J connectivity index is 1.57. The summed E-state index contributed by atoms with van der Waals surface area (Å²) in [6.07, 6.45) is 1.99. The van der Waals surface area contributed by atoms with Gasteiger partial charge in [-0.05, 0) is 18.6 Å². The monoisotopic (exact) mass is 372 g/mol. The molecule has 27 heavy (non-hydrogen) atoms. The fourth-order valence-electron chi connectivity index (χ4n) is 3.21. The van der Waals surface area contributed by atoms with Crippen LogP contribution in [0.3, 0.4) is 0 Å². The summed E-state index contributed by atoms with van der Waals surface area (Å²) in [5, 5.41) is 2.96. The smallest absolute Gasteiger partial charge is 0.251 e. The van der Waals surface area contributed by atoms with Crippen molar-refractivity contribution in [1.29, 1.82) is 0 Å². The molecule has 1 unspecified atom stereocenters. The van der Waals surface area contributed by atoms with Gasteiger partial charge in [0.25, 0.3) is 5.91 Å². The van der Waals surface area contributed by atoms with E-state index >= 15 is 0 Å². The second-order valence-electron chi connectivity index (χ2n) is 6.58. The van der Waals surface area contributed by atoms with E-state index in [1.807, 2.05) is 11.0 Å². The first kappa shape index (κ1) is 17.8. The van der Waals surface area contributed by atoms with Crippen LogP contribution in [0.25, 0.3) is 11.4 Å². The average molecular weight is 372 g/mol. The molecule has 1 aromatic carbocycles. The topological polar surface area (TPSA) is 76.6 Å². The zero-order valence-corrected chi connectivity index (χ0v) is 14.9. The molecule has 2 aliphatic rings. The Bertz CT molecular complexity index is 820. The number of rotatable bonds is 4. The first-order valence-corrected chi connectivity index (χ1v) is 9.05. The van der Waals surface area contributed by atoms with Crippen molar-refractivity contribution in [3.63, 3.8) is 0 Å². The molecule has 2 fully saturated rings. The molecule has 0 saturated carbocycles. The van der Waals surface area contributed by atoms with Gasteiger partial charge in [0.15, 0.2) is 17.5 Å². The SMILES string of the molecule is O=C(NC1CCOC1)c1cccc(-c2ncc(F)c(N3CCOCC3)n2)c1. The molecule has 142 valence electrons. The normalized spacial score (nSPS) is 19.9. The van der Waals surface area contributed by atoms with E-state index in [0.29, 0.717) is 56.5 Å². The molecule has 8 heteroatoms. The Kier molecular flexibility index (Phi) is 5.26. The van der Waals surface area contributed by atoms with E-state index < -0.39 is 5.82 Å². The summed E-state index contributed by atoms with van der Waals surface area (Å²) < 4.78 is 24.8. The Labute approximate surface area is 156 Å². The van der Waals surface area contributed by atoms with E-state index in [1.54, 1.807) is 18.2 Å². The molecule has 1 aromatic heterocycles. The lowest BCUT2D eigenvalue weighted by molar-refractivity contribution is 0.0930. The van der Waals surface area contributed by atoms with Gasteiger partial charge in [-0.15, -0.1) is 0 Å². The highest BCUT2D eigenvalue weighted by molar-refractivity contribution is 5.95. The van der Waals surface area contributed by atoms with E-state index in [9.17, 15) is 9.18 Å². The van der Waals surface area contributed by atoms with Crippen molar-refractivity contribution in [3.8, 4) is 11.4 Å². The van der Waals surface area contributed by atoms with Crippen LogP contribution in [0.15, 0.2) is 30.5 Å². The molecule has 0 radical (unpaired) electrons. The number of carbonyl (C=O) groups is 1. The van der Waals surface area contributed by atoms with Gasteiger partial charge in [0.05, 0.1) is 32.1 Å². The van der Waals surface area contributed by atoms with Gasteiger partial charge in [0, 0.05) is 30.8 Å². The number of aromatic nitrogens is 2. The van der Waals surface area contributed by atoms with Crippen LogP contribution in [0, 0.1) is 5.82 Å². The number of ether oxygens (including phenoxy) is 2. The van der Waals surface area contributed by atoms with Crippen LogP contribution in [-0.2, 0) is 9.47 Å². The van der Waals surface area contributed by atoms with Gasteiger partial charge >= 0.3 is 0 Å². The molecule has 1 N–H and O–H groups in total. The molecule has 0 bridgehead atoms. The molecule has 4 rings (SSSR count). The highest BCUT2D eigenvalue weighted by Crippen LogP contribution is 2.23. The molecule has 2 saturated heterocycles. The number of hydrogen-bond donors (Lipinski definition) is 1. The van der Waals surface area contributed by atoms with Crippen LogP contribution in [0.2, 0.25) is 0 Å². The fourth-order valence-corrected chi connectivity index (χ4v) is 3.21. The Morgan fingerprint density at radius 1 is 1.22 bits per heavy atom. The van der Waals surface area contributed by atoms with Crippen LogP contribution >= 0.6 is 0 Å². The van der Waals surface area contributed by atoms with E-state index in [1.165, 1.54) is 6.20 Å². The standard InChI is InChI=1S/C19H21FN4O3/c20-16-11-21-17(23-18(16)24-5-8-26-9-6-24)13-2-1-3-14(10-13)19(25)22-15-4-7-27-12-15/h1-3,10-11,15H,4-9,12H2,(H,22,25). The van der Waals surface area contributed by atoms with Gasteiger partial charge < -0.3 is 19.7 Å². The van der Waals surface area contributed by atoms with Gasteiger partial charge in [-0.1, -0.05) is 12.1 Å². The quantitative estimate of drug-likeness (QED) is 0.879. The van der Waals surface area contributed by atoms with Crippen molar-refractivity contribution in [2.75, 3.05) is 44.4 Å². The highest BCUT2D eigenvalue weighted by atomic mass is 19.1. The molecule has 3 heterocycles. The average Bonchev–Trinajstić information content (AvgIpc) is 3.22. The molecule has 0 spiro atoms. The second kappa shape index (κ2) is 7.98. The Morgan fingerprint density at radius 2 is 2.07 bits per heavy atom. The number of amides is 1. The zero-order valence-electron chi connectivity index (χ0n) is 14.9. The third-order valence-corrected chi connectivity index (χ3v) is 4.68. The minimum Gasteiger partial charge on any atom is -0.379 e. The predicted molar refractivity (Wildman–Crippen MR) is 97.1 cm³/mol. The number of halogens is 1. The molecule has 2 aliphatic heterocycles. The molecule has 1 amide bonds. The first-order valence-electron chi connectivity index (χ1n) is 9.05. The summed E-state index contributed by atoms with van der Waals surface area (Å²) in [4.78, 5) is 22.8. The minimum atomic E-state index is -0.462. The fraction of sp³-hybridized carbons (Fsp3) is 0.421. The number of nitrogens with one attached hydrogen (secondary N) is 1. The van der Waals surface area contributed by atoms with Crippen molar-refractivity contribution >= 4 is 11.7 Å².